The lowest BCUT2D eigenvalue weighted by Gasteiger charge is -2.29. The second kappa shape index (κ2) is 8.52. The number of hydrogen-bond acceptors (Lipinski definition) is 4. The van der Waals surface area contributed by atoms with E-state index in [4.69, 9.17) is 9.47 Å². The molecular formula is C21H23NO4. The standard InChI is InChI=1S/C21H23NO4/c1-2-25-18-11-9-16(10-12-18)14-21(24)26-15-20(23)22-13-5-7-17-6-3-4-8-19(17)22/h3-4,6,8-12H,2,5,7,13-15H2,1H3. The fraction of sp³-hybridized carbons (Fsp3) is 0.333. The first kappa shape index (κ1) is 18.0. The molecule has 5 heteroatoms. The Morgan fingerprint density at radius 1 is 1.08 bits per heavy atom. The summed E-state index contributed by atoms with van der Waals surface area (Å²) in [6.45, 7) is 2.95. The van der Waals surface area contributed by atoms with Crippen LogP contribution in [0.4, 0.5) is 5.69 Å². The third-order valence-electron chi connectivity index (χ3n) is 4.35. The Bertz CT molecular complexity index is 770. The first-order chi connectivity index (χ1) is 12.7. The number of aryl methyl sites for hydroxylation is 1. The molecule has 0 aromatic heterocycles. The van der Waals surface area contributed by atoms with Gasteiger partial charge in [-0.2, -0.15) is 0 Å². The Hall–Kier alpha value is -2.82. The van der Waals surface area contributed by atoms with Crippen LogP contribution in [-0.2, 0) is 27.2 Å². The Balaban J connectivity index is 1.52. The normalized spacial score (nSPS) is 13.0. The van der Waals surface area contributed by atoms with Crippen LogP contribution in [0.2, 0.25) is 0 Å². The van der Waals surface area contributed by atoms with Gasteiger partial charge in [0, 0.05) is 12.2 Å². The molecule has 0 unspecified atom stereocenters. The summed E-state index contributed by atoms with van der Waals surface area (Å²) >= 11 is 0. The highest BCUT2D eigenvalue weighted by atomic mass is 16.5. The van der Waals surface area contributed by atoms with E-state index in [0.717, 1.165) is 35.4 Å². The molecule has 1 aliphatic heterocycles. The Morgan fingerprint density at radius 3 is 2.62 bits per heavy atom. The van der Waals surface area contributed by atoms with Gasteiger partial charge in [0.1, 0.15) is 5.75 Å². The highest BCUT2D eigenvalue weighted by Crippen LogP contribution is 2.26. The van der Waals surface area contributed by atoms with Crippen LogP contribution in [0.25, 0.3) is 0 Å². The van der Waals surface area contributed by atoms with Gasteiger partial charge in [0.2, 0.25) is 0 Å². The number of carbonyl (C=O) groups excluding carboxylic acids is 2. The number of amides is 1. The summed E-state index contributed by atoms with van der Waals surface area (Å²) < 4.78 is 10.6. The number of rotatable bonds is 6. The van der Waals surface area contributed by atoms with Gasteiger partial charge in [-0.15, -0.1) is 0 Å². The van der Waals surface area contributed by atoms with Crippen LogP contribution >= 0.6 is 0 Å². The molecule has 0 bridgehead atoms. The number of benzene rings is 2. The number of nitrogens with zero attached hydrogens (tertiary/aromatic N) is 1. The molecule has 0 saturated carbocycles. The van der Waals surface area contributed by atoms with Gasteiger partial charge in [-0.3, -0.25) is 9.59 Å². The molecular weight excluding hydrogens is 330 g/mol. The summed E-state index contributed by atoms with van der Waals surface area (Å²) in [5.41, 5.74) is 2.91. The van der Waals surface area contributed by atoms with Crippen molar-refractivity contribution in [2.75, 3.05) is 24.7 Å². The molecule has 0 aliphatic carbocycles. The summed E-state index contributed by atoms with van der Waals surface area (Å²) in [5.74, 6) is 0.175. The average molecular weight is 353 g/mol. The minimum absolute atomic E-state index is 0.135. The van der Waals surface area contributed by atoms with Crippen LogP contribution in [-0.4, -0.2) is 31.6 Å². The number of ether oxygens (including phenoxy) is 2. The topological polar surface area (TPSA) is 55.8 Å². The molecule has 136 valence electrons. The largest absolute Gasteiger partial charge is 0.494 e. The maximum Gasteiger partial charge on any atom is 0.310 e. The van der Waals surface area contributed by atoms with E-state index in [1.54, 1.807) is 4.90 Å². The zero-order chi connectivity index (χ0) is 18.4. The van der Waals surface area contributed by atoms with Crippen LogP contribution in [0.15, 0.2) is 48.5 Å². The molecule has 5 nitrogen and oxygen atoms in total. The average Bonchev–Trinajstić information content (AvgIpc) is 2.67. The summed E-state index contributed by atoms with van der Waals surface area (Å²) in [7, 11) is 0. The van der Waals surface area contributed by atoms with E-state index in [1.165, 1.54) is 0 Å². The fourth-order valence-electron chi connectivity index (χ4n) is 3.10. The first-order valence-electron chi connectivity index (χ1n) is 8.93. The van der Waals surface area contributed by atoms with Crippen molar-refractivity contribution >= 4 is 17.6 Å². The molecule has 0 atom stereocenters. The first-order valence-corrected chi connectivity index (χ1v) is 8.93. The minimum Gasteiger partial charge on any atom is -0.494 e. The number of carbonyl (C=O) groups is 2. The molecule has 1 heterocycles. The Morgan fingerprint density at radius 2 is 1.85 bits per heavy atom. The molecule has 3 rings (SSSR count). The highest BCUT2D eigenvalue weighted by Gasteiger charge is 2.23. The maximum absolute atomic E-state index is 12.5. The fourth-order valence-corrected chi connectivity index (χ4v) is 3.10. The summed E-state index contributed by atoms with van der Waals surface area (Å²) in [5, 5.41) is 0. The van der Waals surface area contributed by atoms with Crippen molar-refractivity contribution in [2.45, 2.75) is 26.2 Å². The second-order valence-electron chi connectivity index (χ2n) is 6.19. The number of anilines is 1. The second-order valence-corrected chi connectivity index (χ2v) is 6.19. The number of fused-ring (bicyclic) bond motifs is 1. The van der Waals surface area contributed by atoms with Crippen molar-refractivity contribution in [3.63, 3.8) is 0 Å². The predicted molar refractivity (Wildman–Crippen MR) is 99.4 cm³/mol. The van der Waals surface area contributed by atoms with Gasteiger partial charge in [0.25, 0.3) is 5.91 Å². The van der Waals surface area contributed by atoms with Crippen molar-refractivity contribution in [3.8, 4) is 5.75 Å². The van der Waals surface area contributed by atoms with E-state index in [1.807, 2.05) is 55.5 Å². The van der Waals surface area contributed by atoms with Crippen LogP contribution in [0.3, 0.4) is 0 Å². The van der Waals surface area contributed by atoms with Crippen molar-refractivity contribution in [3.05, 3.63) is 59.7 Å². The van der Waals surface area contributed by atoms with E-state index < -0.39 is 5.97 Å². The number of esters is 1. The Kier molecular flexibility index (Phi) is 5.89. The lowest BCUT2D eigenvalue weighted by Crippen LogP contribution is -2.38. The van der Waals surface area contributed by atoms with Crippen LogP contribution < -0.4 is 9.64 Å². The smallest absolute Gasteiger partial charge is 0.310 e. The number of hydrogen-bond donors (Lipinski definition) is 0. The molecule has 26 heavy (non-hydrogen) atoms. The molecule has 2 aromatic carbocycles. The van der Waals surface area contributed by atoms with Crippen molar-refractivity contribution in [1.82, 2.24) is 0 Å². The molecule has 1 amide bonds. The molecule has 0 N–H and O–H groups in total. The molecule has 0 fully saturated rings. The molecule has 0 spiro atoms. The van der Waals surface area contributed by atoms with Gasteiger partial charge in [0.15, 0.2) is 6.61 Å². The minimum atomic E-state index is -0.409. The van der Waals surface area contributed by atoms with Crippen molar-refractivity contribution < 1.29 is 19.1 Å². The maximum atomic E-state index is 12.5. The molecule has 0 radical (unpaired) electrons. The third-order valence-corrected chi connectivity index (χ3v) is 4.35. The van der Waals surface area contributed by atoms with Crippen LogP contribution in [0.5, 0.6) is 5.75 Å². The van der Waals surface area contributed by atoms with E-state index >= 15 is 0 Å². The van der Waals surface area contributed by atoms with Crippen molar-refractivity contribution in [1.29, 1.82) is 0 Å². The zero-order valence-corrected chi connectivity index (χ0v) is 14.9. The molecule has 1 aliphatic rings. The van der Waals surface area contributed by atoms with Gasteiger partial charge in [0.05, 0.1) is 13.0 Å². The van der Waals surface area contributed by atoms with Gasteiger partial charge in [-0.05, 0) is 49.1 Å². The van der Waals surface area contributed by atoms with Gasteiger partial charge >= 0.3 is 5.97 Å². The SMILES string of the molecule is CCOc1ccc(CC(=O)OCC(=O)N2CCCc3ccccc32)cc1. The summed E-state index contributed by atoms with van der Waals surface area (Å²) in [4.78, 5) is 26.2. The van der Waals surface area contributed by atoms with E-state index in [0.29, 0.717) is 13.2 Å². The predicted octanol–water partition coefficient (Wildman–Crippen LogP) is 3.15. The lowest BCUT2D eigenvalue weighted by molar-refractivity contribution is -0.147. The summed E-state index contributed by atoms with van der Waals surface area (Å²) in [6, 6.07) is 15.2. The number of para-hydroxylation sites is 1. The van der Waals surface area contributed by atoms with Crippen molar-refractivity contribution in [2.24, 2.45) is 0 Å². The molecule has 0 saturated heterocycles. The zero-order valence-electron chi connectivity index (χ0n) is 14.9. The van der Waals surface area contributed by atoms with Crippen LogP contribution in [0.1, 0.15) is 24.5 Å². The van der Waals surface area contributed by atoms with E-state index in [-0.39, 0.29) is 18.9 Å². The van der Waals surface area contributed by atoms with E-state index in [9.17, 15) is 9.59 Å². The Labute approximate surface area is 153 Å². The van der Waals surface area contributed by atoms with Crippen LogP contribution in [0, 0.1) is 0 Å². The van der Waals surface area contributed by atoms with Gasteiger partial charge in [-0.25, -0.2) is 0 Å². The van der Waals surface area contributed by atoms with Gasteiger partial charge < -0.3 is 14.4 Å². The quantitative estimate of drug-likeness (QED) is 0.749. The monoisotopic (exact) mass is 353 g/mol. The highest BCUT2D eigenvalue weighted by molar-refractivity contribution is 5.96. The molecule has 2 aromatic rings. The lowest BCUT2D eigenvalue weighted by atomic mass is 10.0. The van der Waals surface area contributed by atoms with E-state index in [2.05, 4.69) is 0 Å². The van der Waals surface area contributed by atoms with Gasteiger partial charge in [-0.1, -0.05) is 30.3 Å². The summed E-state index contributed by atoms with van der Waals surface area (Å²) in [6.07, 6.45) is 2.02. The third kappa shape index (κ3) is 4.42.